The van der Waals surface area contributed by atoms with Gasteiger partial charge in [0, 0.05) is 43.0 Å². The fourth-order valence-electron chi connectivity index (χ4n) is 4.08. The van der Waals surface area contributed by atoms with E-state index in [4.69, 9.17) is 0 Å². The van der Waals surface area contributed by atoms with Gasteiger partial charge in [-0.05, 0) is 48.8 Å². The van der Waals surface area contributed by atoms with Gasteiger partial charge in [-0.1, -0.05) is 42.5 Å². The lowest BCUT2D eigenvalue weighted by atomic mass is 9.93. The van der Waals surface area contributed by atoms with Crippen molar-refractivity contribution in [3.05, 3.63) is 65.7 Å². The molecule has 2 aromatic rings. The number of halogens is 1. The van der Waals surface area contributed by atoms with Crippen LogP contribution in [0, 0.1) is 0 Å². The first-order valence-electron chi connectivity index (χ1n) is 9.98. The van der Waals surface area contributed by atoms with Gasteiger partial charge in [-0.2, -0.15) is 0 Å². The molecule has 0 radical (unpaired) electrons. The summed E-state index contributed by atoms with van der Waals surface area (Å²) in [6.07, 6.45) is 4.49. The number of benzene rings is 2. The molecule has 1 N–H and O–H groups in total. The summed E-state index contributed by atoms with van der Waals surface area (Å²) in [4.78, 5) is 3.68. The number of piperidine rings is 1. The van der Waals surface area contributed by atoms with Gasteiger partial charge in [-0.25, -0.2) is 4.39 Å². The second-order valence-electron chi connectivity index (χ2n) is 8.02. The van der Waals surface area contributed by atoms with Crippen molar-refractivity contribution in [1.29, 1.82) is 0 Å². The van der Waals surface area contributed by atoms with Crippen molar-refractivity contribution in [2.45, 2.75) is 48.3 Å². The molecule has 2 atom stereocenters. The Balaban J connectivity index is 1.21. The molecular weight excluding hydrogens is 355 g/mol. The van der Waals surface area contributed by atoms with E-state index in [0.717, 1.165) is 26.1 Å². The molecule has 144 valence electrons. The van der Waals surface area contributed by atoms with Crippen LogP contribution in [-0.2, 0) is 6.54 Å². The Hall–Kier alpha value is -1.36. The van der Waals surface area contributed by atoms with Gasteiger partial charge in [-0.3, -0.25) is 4.90 Å². The van der Waals surface area contributed by atoms with Crippen molar-refractivity contribution < 1.29 is 4.39 Å². The van der Waals surface area contributed by atoms with Gasteiger partial charge in [0.25, 0.3) is 0 Å². The fourth-order valence-corrected chi connectivity index (χ4v) is 4.49. The maximum Gasteiger partial charge on any atom is 0.125 e. The summed E-state index contributed by atoms with van der Waals surface area (Å²) >= 11 is 1.76. The van der Waals surface area contributed by atoms with Crippen LogP contribution in [0.2, 0.25) is 0 Å². The van der Waals surface area contributed by atoms with Crippen molar-refractivity contribution in [2.75, 3.05) is 25.9 Å². The predicted octanol–water partition coefficient (Wildman–Crippen LogP) is 4.86. The summed E-state index contributed by atoms with van der Waals surface area (Å²) in [6, 6.07) is 19.8. The number of likely N-dealkylation sites (tertiary alicyclic amines) is 1. The van der Waals surface area contributed by atoms with Gasteiger partial charge in [0.05, 0.1) is 0 Å². The number of hydrogen-bond donors (Lipinski definition) is 1. The average Bonchev–Trinajstić information content (AvgIpc) is 3.50. The quantitative estimate of drug-likeness (QED) is 0.687. The number of alkyl halides is 1. The number of nitrogens with one attached hydrogen (secondary N) is 1. The zero-order valence-corrected chi connectivity index (χ0v) is 16.9. The van der Waals surface area contributed by atoms with Gasteiger partial charge < -0.3 is 5.32 Å². The first kappa shape index (κ1) is 19.0. The van der Waals surface area contributed by atoms with Crippen LogP contribution in [-0.4, -0.2) is 42.5 Å². The van der Waals surface area contributed by atoms with E-state index in [2.05, 4.69) is 71.1 Å². The fraction of sp³-hybridized carbons (Fsp3) is 0.478. The van der Waals surface area contributed by atoms with Crippen LogP contribution in [0.4, 0.5) is 4.39 Å². The van der Waals surface area contributed by atoms with E-state index < -0.39 is 5.67 Å². The molecule has 4 heteroatoms. The molecule has 1 aliphatic carbocycles. The van der Waals surface area contributed by atoms with E-state index in [1.807, 2.05) is 0 Å². The maximum absolute atomic E-state index is 15.2. The van der Waals surface area contributed by atoms with Crippen LogP contribution in [0.25, 0.3) is 0 Å². The molecule has 1 aliphatic heterocycles. The lowest BCUT2D eigenvalue weighted by molar-refractivity contribution is 0.0544. The molecule has 2 unspecified atom stereocenters. The molecule has 1 saturated heterocycles. The van der Waals surface area contributed by atoms with Crippen molar-refractivity contribution in [3.63, 3.8) is 0 Å². The third-order valence-electron chi connectivity index (χ3n) is 6.02. The van der Waals surface area contributed by atoms with E-state index >= 15 is 4.39 Å². The van der Waals surface area contributed by atoms with E-state index in [9.17, 15) is 0 Å². The minimum Gasteiger partial charge on any atom is -0.310 e. The standard InChI is InChI=1S/C23H29FN2S/c1-27-20-9-7-18(8-10-20)16-26-13-11-23(24,12-14-26)17-25-22-15-21(22)19-5-3-2-4-6-19/h2-10,21-22,25H,11-17H2,1H3. The minimum atomic E-state index is -1.05. The second kappa shape index (κ2) is 8.34. The molecule has 2 fully saturated rings. The minimum absolute atomic E-state index is 0.452. The van der Waals surface area contributed by atoms with Gasteiger partial charge in [-0.15, -0.1) is 11.8 Å². The molecule has 2 aromatic carbocycles. The zero-order chi connectivity index (χ0) is 18.7. The van der Waals surface area contributed by atoms with E-state index in [-0.39, 0.29) is 0 Å². The van der Waals surface area contributed by atoms with Crippen LogP contribution in [0.3, 0.4) is 0 Å². The second-order valence-corrected chi connectivity index (χ2v) is 8.90. The summed E-state index contributed by atoms with van der Waals surface area (Å²) in [5, 5.41) is 3.50. The Labute approximate surface area is 166 Å². The van der Waals surface area contributed by atoms with Crippen molar-refractivity contribution in [3.8, 4) is 0 Å². The third-order valence-corrected chi connectivity index (χ3v) is 6.76. The van der Waals surface area contributed by atoms with Gasteiger partial charge in [0.1, 0.15) is 5.67 Å². The van der Waals surface area contributed by atoms with E-state index in [1.165, 1.54) is 16.0 Å². The van der Waals surface area contributed by atoms with Gasteiger partial charge >= 0.3 is 0 Å². The van der Waals surface area contributed by atoms with Crippen LogP contribution in [0.5, 0.6) is 0 Å². The highest BCUT2D eigenvalue weighted by Crippen LogP contribution is 2.41. The van der Waals surface area contributed by atoms with Crippen LogP contribution >= 0.6 is 11.8 Å². The third kappa shape index (κ3) is 4.92. The summed E-state index contributed by atoms with van der Waals surface area (Å²) in [5.74, 6) is 0.569. The molecule has 0 amide bonds. The first-order valence-corrected chi connectivity index (χ1v) is 11.2. The smallest absolute Gasteiger partial charge is 0.125 e. The zero-order valence-electron chi connectivity index (χ0n) is 16.0. The number of thioether (sulfide) groups is 1. The van der Waals surface area contributed by atoms with Crippen LogP contribution in [0.15, 0.2) is 59.5 Å². The number of rotatable bonds is 7. The summed E-state index contributed by atoms with van der Waals surface area (Å²) < 4.78 is 15.2. The number of hydrogen-bond acceptors (Lipinski definition) is 3. The maximum atomic E-state index is 15.2. The Morgan fingerprint density at radius 1 is 1.07 bits per heavy atom. The van der Waals surface area contributed by atoms with E-state index in [0.29, 0.717) is 31.3 Å². The molecule has 2 nitrogen and oxygen atoms in total. The summed E-state index contributed by atoms with van der Waals surface area (Å²) in [6.45, 7) is 3.11. The van der Waals surface area contributed by atoms with Crippen LogP contribution in [0.1, 0.15) is 36.3 Å². The Morgan fingerprint density at radius 3 is 2.44 bits per heavy atom. The molecule has 27 heavy (non-hydrogen) atoms. The molecule has 0 spiro atoms. The highest BCUT2D eigenvalue weighted by Gasteiger charge is 2.41. The Kier molecular flexibility index (Phi) is 5.86. The normalized spacial score (nSPS) is 24.7. The number of nitrogens with zero attached hydrogens (tertiary/aromatic N) is 1. The Morgan fingerprint density at radius 2 is 1.78 bits per heavy atom. The van der Waals surface area contributed by atoms with E-state index in [1.54, 1.807) is 11.8 Å². The Bertz CT molecular complexity index is 726. The monoisotopic (exact) mass is 384 g/mol. The predicted molar refractivity (Wildman–Crippen MR) is 112 cm³/mol. The lowest BCUT2D eigenvalue weighted by Gasteiger charge is -2.36. The van der Waals surface area contributed by atoms with Crippen molar-refractivity contribution in [1.82, 2.24) is 10.2 Å². The molecule has 1 heterocycles. The van der Waals surface area contributed by atoms with Gasteiger partial charge in [0.2, 0.25) is 0 Å². The average molecular weight is 385 g/mol. The SMILES string of the molecule is CSc1ccc(CN2CCC(F)(CNC3CC3c3ccccc3)CC2)cc1. The van der Waals surface area contributed by atoms with Crippen molar-refractivity contribution >= 4 is 11.8 Å². The molecule has 4 rings (SSSR count). The van der Waals surface area contributed by atoms with Crippen molar-refractivity contribution in [2.24, 2.45) is 0 Å². The molecular formula is C23H29FN2S. The molecule has 0 aromatic heterocycles. The lowest BCUT2D eigenvalue weighted by Crippen LogP contribution is -2.47. The summed E-state index contributed by atoms with van der Waals surface area (Å²) in [5.41, 5.74) is 1.65. The molecule has 0 bridgehead atoms. The topological polar surface area (TPSA) is 15.3 Å². The first-order chi connectivity index (χ1) is 13.1. The van der Waals surface area contributed by atoms with Gasteiger partial charge in [0.15, 0.2) is 0 Å². The summed E-state index contributed by atoms with van der Waals surface area (Å²) in [7, 11) is 0. The highest BCUT2D eigenvalue weighted by molar-refractivity contribution is 7.98. The molecule has 1 saturated carbocycles. The largest absolute Gasteiger partial charge is 0.310 e. The van der Waals surface area contributed by atoms with Crippen LogP contribution < -0.4 is 5.32 Å². The highest BCUT2D eigenvalue weighted by atomic mass is 32.2. The molecule has 2 aliphatic rings.